The molecule has 0 fully saturated rings. The first-order chi connectivity index (χ1) is 9.42. The molecule has 0 amide bonds. The van der Waals surface area contributed by atoms with Crippen LogP contribution in [-0.2, 0) is 16.6 Å². The summed E-state index contributed by atoms with van der Waals surface area (Å²) in [7, 11) is -2.05. The molecule has 108 valence electrons. The number of anilines is 1. The van der Waals surface area contributed by atoms with E-state index in [1.54, 1.807) is 31.3 Å². The van der Waals surface area contributed by atoms with Gasteiger partial charge in [0.25, 0.3) is 10.0 Å². The number of sulfonamides is 1. The van der Waals surface area contributed by atoms with E-state index in [9.17, 15) is 8.42 Å². The van der Waals surface area contributed by atoms with E-state index < -0.39 is 10.0 Å². The fraction of sp³-hybridized carbons (Fsp3) is 0.167. The Morgan fingerprint density at radius 1 is 1.30 bits per heavy atom. The predicted octanol–water partition coefficient (Wildman–Crippen LogP) is 3.22. The standard InChI is InChI=1S/C12H12BrClN2O3S/c1-15-7-9-3-5-12(19-9)20(17,18)16-11-6-8(13)2-4-10(11)14/h2-6,15-16H,7H2,1H3. The van der Waals surface area contributed by atoms with Crippen molar-refractivity contribution in [3.05, 3.63) is 45.6 Å². The van der Waals surface area contributed by atoms with Crippen LogP contribution in [0.2, 0.25) is 5.02 Å². The zero-order valence-electron chi connectivity index (χ0n) is 10.5. The second-order valence-electron chi connectivity index (χ2n) is 3.98. The summed E-state index contributed by atoms with van der Waals surface area (Å²) in [5.74, 6) is 0.535. The highest BCUT2D eigenvalue weighted by molar-refractivity contribution is 9.10. The first-order valence-electron chi connectivity index (χ1n) is 5.63. The van der Waals surface area contributed by atoms with E-state index in [2.05, 4.69) is 26.0 Å². The normalized spacial score (nSPS) is 11.6. The highest BCUT2D eigenvalue weighted by Crippen LogP contribution is 2.28. The Bertz CT molecular complexity index is 715. The van der Waals surface area contributed by atoms with Gasteiger partial charge in [-0.1, -0.05) is 27.5 Å². The maximum absolute atomic E-state index is 12.2. The predicted molar refractivity (Wildman–Crippen MR) is 81.4 cm³/mol. The molecule has 8 heteroatoms. The zero-order chi connectivity index (χ0) is 14.8. The van der Waals surface area contributed by atoms with Crippen molar-refractivity contribution in [1.82, 2.24) is 5.32 Å². The molecule has 0 aliphatic carbocycles. The quantitative estimate of drug-likeness (QED) is 0.837. The molecule has 0 aliphatic rings. The lowest BCUT2D eigenvalue weighted by Crippen LogP contribution is -2.12. The lowest BCUT2D eigenvalue weighted by atomic mass is 10.3. The van der Waals surface area contributed by atoms with E-state index in [4.69, 9.17) is 16.0 Å². The number of halogens is 2. The molecule has 1 aromatic carbocycles. The summed E-state index contributed by atoms with van der Waals surface area (Å²) in [5, 5.41) is 3.03. The van der Waals surface area contributed by atoms with Gasteiger partial charge < -0.3 is 9.73 Å². The first-order valence-corrected chi connectivity index (χ1v) is 8.29. The summed E-state index contributed by atoms with van der Waals surface area (Å²) >= 11 is 9.22. The monoisotopic (exact) mass is 378 g/mol. The molecule has 2 N–H and O–H groups in total. The Hall–Kier alpha value is -1.02. The molecule has 0 saturated heterocycles. The maximum atomic E-state index is 12.2. The van der Waals surface area contributed by atoms with Crippen LogP contribution < -0.4 is 10.0 Å². The number of hydrogen-bond donors (Lipinski definition) is 2. The van der Waals surface area contributed by atoms with Crippen molar-refractivity contribution in [2.75, 3.05) is 11.8 Å². The molecule has 20 heavy (non-hydrogen) atoms. The van der Waals surface area contributed by atoms with Crippen molar-refractivity contribution in [1.29, 1.82) is 0 Å². The van der Waals surface area contributed by atoms with Crippen molar-refractivity contribution in [3.63, 3.8) is 0 Å². The summed E-state index contributed by atoms with van der Waals surface area (Å²) < 4.78 is 32.7. The number of furan rings is 1. The highest BCUT2D eigenvalue weighted by atomic mass is 79.9. The van der Waals surface area contributed by atoms with Crippen LogP contribution in [-0.4, -0.2) is 15.5 Å². The van der Waals surface area contributed by atoms with Crippen LogP contribution in [0.5, 0.6) is 0 Å². The highest BCUT2D eigenvalue weighted by Gasteiger charge is 2.20. The van der Waals surface area contributed by atoms with Gasteiger partial charge in [-0.3, -0.25) is 4.72 Å². The first kappa shape index (κ1) is 15.4. The van der Waals surface area contributed by atoms with Crippen molar-refractivity contribution in [2.45, 2.75) is 11.6 Å². The average molecular weight is 380 g/mol. The van der Waals surface area contributed by atoms with Crippen LogP contribution in [0.3, 0.4) is 0 Å². The third-order valence-electron chi connectivity index (χ3n) is 2.43. The van der Waals surface area contributed by atoms with Gasteiger partial charge in [0, 0.05) is 4.47 Å². The number of benzene rings is 1. The molecule has 2 rings (SSSR count). The van der Waals surface area contributed by atoms with Crippen LogP contribution in [0.1, 0.15) is 5.76 Å². The lowest BCUT2D eigenvalue weighted by molar-refractivity contribution is 0.408. The van der Waals surface area contributed by atoms with Crippen molar-refractivity contribution >= 4 is 43.2 Å². The molecule has 0 radical (unpaired) electrons. The fourth-order valence-electron chi connectivity index (χ4n) is 1.54. The molecule has 1 aromatic heterocycles. The molecule has 0 unspecified atom stereocenters. The third kappa shape index (κ3) is 3.54. The van der Waals surface area contributed by atoms with Gasteiger partial charge in [0.15, 0.2) is 0 Å². The second kappa shape index (κ2) is 6.17. The summed E-state index contributed by atoms with van der Waals surface area (Å²) in [5.41, 5.74) is 0.285. The van der Waals surface area contributed by atoms with Gasteiger partial charge in [-0.15, -0.1) is 0 Å². The summed E-state index contributed by atoms with van der Waals surface area (Å²) in [6.45, 7) is 0.452. The second-order valence-corrected chi connectivity index (χ2v) is 6.92. The van der Waals surface area contributed by atoms with Gasteiger partial charge >= 0.3 is 0 Å². The topological polar surface area (TPSA) is 71.3 Å². The minimum atomic E-state index is -3.80. The molecule has 5 nitrogen and oxygen atoms in total. The Kier molecular flexibility index (Phi) is 4.74. The Labute approximate surface area is 130 Å². The molecule has 1 heterocycles. The number of nitrogens with one attached hydrogen (secondary N) is 2. The van der Waals surface area contributed by atoms with Crippen molar-refractivity contribution in [2.24, 2.45) is 0 Å². The van der Waals surface area contributed by atoms with Crippen LogP contribution in [0.4, 0.5) is 5.69 Å². The van der Waals surface area contributed by atoms with Crippen LogP contribution >= 0.6 is 27.5 Å². The summed E-state index contributed by atoms with van der Waals surface area (Å²) in [6, 6.07) is 7.90. The summed E-state index contributed by atoms with van der Waals surface area (Å²) in [6.07, 6.45) is 0. The molecule has 0 bridgehead atoms. The van der Waals surface area contributed by atoms with Crippen molar-refractivity contribution < 1.29 is 12.8 Å². The van der Waals surface area contributed by atoms with E-state index in [-0.39, 0.29) is 10.8 Å². The number of hydrogen-bond acceptors (Lipinski definition) is 4. The molecular formula is C12H12BrClN2O3S. The van der Waals surface area contributed by atoms with Gasteiger partial charge in [-0.2, -0.15) is 8.42 Å². The largest absolute Gasteiger partial charge is 0.446 e. The van der Waals surface area contributed by atoms with Gasteiger partial charge in [-0.05, 0) is 37.4 Å². The van der Waals surface area contributed by atoms with Gasteiger partial charge in [0.1, 0.15) is 5.76 Å². The smallest absolute Gasteiger partial charge is 0.295 e. The van der Waals surface area contributed by atoms with E-state index in [0.29, 0.717) is 17.3 Å². The maximum Gasteiger partial charge on any atom is 0.295 e. The molecule has 0 atom stereocenters. The molecular weight excluding hydrogens is 368 g/mol. The van der Waals surface area contributed by atoms with Gasteiger partial charge in [0.05, 0.1) is 17.3 Å². The van der Waals surface area contributed by atoms with Crippen LogP contribution in [0, 0.1) is 0 Å². The van der Waals surface area contributed by atoms with E-state index in [1.807, 2.05) is 0 Å². The van der Waals surface area contributed by atoms with Crippen LogP contribution in [0.15, 0.2) is 44.3 Å². The Balaban J connectivity index is 2.28. The zero-order valence-corrected chi connectivity index (χ0v) is 13.6. The summed E-state index contributed by atoms with van der Waals surface area (Å²) in [4.78, 5) is 0. The minimum absolute atomic E-state index is 0.154. The Morgan fingerprint density at radius 3 is 2.75 bits per heavy atom. The SMILES string of the molecule is CNCc1ccc(S(=O)(=O)Nc2cc(Br)ccc2Cl)o1. The molecule has 0 spiro atoms. The van der Waals surface area contributed by atoms with E-state index >= 15 is 0 Å². The Morgan fingerprint density at radius 2 is 2.05 bits per heavy atom. The molecule has 2 aromatic rings. The van der Waals surface area contributed by atoms with E-state index in [1.165, 1.54) is 6.07 Å². The van der Waals surface area contributed by atoms with Crippen LogP contribution in [0.25, 0.3) is 0 Å². The minimum Gasteiger partial charge on any atom is -0.446 e. The van der Waals surface area contributed by atoms with Gasteiger partial charge in [0.2, 0.25) is 5.09 Å². The number of rotatable bonds is 5. The lowest BCUT2D eigenvalue weighted by Gasteiger charge is -2.08. The van der Waals surface area contributed by atoms with E-state index in [0.717, 1.165) is 4.47 Å². The fourth-order valence-corrected chi connectivity index (χ4v) is 3.15. The molecule has 0 saturated carbocycles. The molecule has 0 aliphatic heterocycles. The average Bonchev–Trinajstić information content (AvgIpc) is 2.83. The van der Waals surface area contributed by atoms with Crippen molar-refractivity contribution in [3.8, 4) is 0 Å². The van der Waals surface area contributed by atoms with Gasteiger partial charge in [-0.25, -0.2) is 0 Å². The third-order valence-corrected chi connectivity index (χ3v) is 4.49.